The van der Waals surface area contributed by atoms with Crippen LogP contribution in [0.15, 0.2) is 34.0 Å². The van der Waals surface area contributed by atoms with Gasteiger partial charge in [0.1, 0.15) is 5.75 Å². The number of nitrogens with one attached hydrogen (secondary N) is 1. The van der Waals surface area contributed by atoms with Crippen LogP contribution >= 0.6 is 0 Å². The van der Waals surface area contributed by atoms with Gasteiger partial charge in [-0.2, -0.15) is 0 Å². The van der Waals surface area contributed by atoms with Crippen molar-refractivity contribution >= 4 is 5.52 Å². The fraction of sp³-hybridized carbons (Fsp3) is 0.111. The highest BCUT2D eigenvalue weighted by molar-refractivity contribution is 5.58. The summed E-state index contributed by atoms with van der Waals surface area (Å²) in [5.41, 5.74) is -0.436. The fourth-order valence-electron chi connectivity index (χ4n) is 1.32. The van der Waals surface area contributed by atoms with Crippen LogP contribution in [0.25, 0.3) is 5.52 Å². The highest BCUT2D eigenvalue weighted by atomic mass is 16.5. The second kappa shape index (κ2) is 3.02. The third-order valence-electron chi connectivity index (χ3n) is 1.93. The highest BCUT2D eigenvalue weighted by Gasteiger charge is 2.02. The molecule has 5 heteroatoms. The normalized spacial score (nSPS) is 10.4. The van der Waals surface area contributed by atoms with Gasteiger partial charge < -0.3 is 4.74 Å². The molecular formula is C9H8N2O3. The predicted octanol–water partition coefficient (Wildman–Crippen LogP) is -0.00360. The smallest absolute Gasteiger partial charge is 0.333 e. The lowest BCUT2D eigenvalue weighted by atomic mass is 10.3. The molecule has 0 saturated carbocycles. The fourth-order valence-corrected chi connectivity index (χ4v) is 1.32. The molecule has 0 saturated heterocycles. The molecule has 0 aromatic carbocycles. The molecule has 0 amide bonds. The molecule has 2 heterocycles. The number of rotatable bonds is 1. The number of aromatic amines is 1. The van der Waals surface area contributed by atoms with Gasteiger partial charge >= 0.3 is 5.69 Å². The molecule has 0 atom stereocenters. The van der Waals surface area contributed by atoms with E-state index in [1.807, 2.05) is 0 Å². The topological polar surface area (TPSA) is 63.6 Å². The van der Waals surface area contributed by atoms with Gasteiger partial charge in [-0.15, -0.1) is 0 Å². The first-order chi connectivity index (χ1) is 6.72. The highest BCUT2D eigenvalue weighted by Crippen LogP contribution is 2.14. The van der Waals surface area contributed by atoms with Crippen LogP contribution in [0.4, 0.5) is 0 Å². The zero-order valence-corrected chi connectivity index (χ0v) is 7.48. The quantitative estimate of drug-likeness (QED) is 0.691. The minimum absolute atomic E-state index is 0.431. The van der Waals surface area contributed by atoms with Gasteiger partial charge in [-0.1, -0.05) is 0 Å². The van der Waals surface area contributed by atoms with E-state index in [-0.39, 0.29) is 0 Å². The molecule has 0 radical (unpaired) electrons. The van der Waals surface area contributed by atoms with Crippen LogP contribution in [0.5, 0.6) is 5.75 Å². The van der Waals surface area contributed by atoms with E-state index in [1.165, 1.54) is 17.6 Å². The lowest BCUT2D eigenvalue weighted by molar-refractivity contribution is 0.417. The van der Waals surface area contributed by atoms with Crippen LogP contribution in [-0.2, 0) is 0 Å². The van der Waals surface area contributed by atoms with Crippen molar-refractivity contribution in [1.82, 2.24) is 9.38 Å². The van der Waals surface area contributed by atoms with E-state index >= 15 is 0 Å². The number of H-pyrrole nitrogens is 1. The van der Waals surface area contributed by atoms with Gasteiger partial charge in [0.05, 0.1) is 12.6 Å². The van der Waals surface area contributed by atoms with E-state index in [0.29, 0.717) is 11.3 Å². The van der Waals surface area contributed by atoms with Gasteiger partial charge in [-0.25, -0.2) is 4.79 Å². The Labute approximate surface area is 78.6 Å². The molecule has 0 aliphatic carbocycles. The van der Waals surface area contributed by atoms with E-state index in [0.717, 1.165) is 0 Å². The third-order valence-corrected chi connectivity index (χ3v) is 1.93. The first-order valence-electron chi connectivity index (χ1n) is 4.01. The number of methoxy groups -OCH3 is 1. The molecule has 0 bridgehead atoms. The molecule has 0 aliphatic heterocycles. The van der Waals surface area contributed by atoms with Gasteiger partial charge in [-0.3, -0.25) is 14.2 Å². The number of aromatic nitrogens is 2. The van der Waals surface area contributed by atoms with E-state index in [1.54, 1.807) is 18.3 Å². The number of pyridine rings is 1. The maximum Gasteiger partial charge on any atom is 0.333 e. The van der Waals surface area contributed by atoms with Crippen LogP contribution in [-0.4, -0.2) is 16.5 Å². The molecule has 2 rings (SSSR count). The summed E-state index contributed by atoms with van der Waals surface area (Å²) in [5, 5.41) is 0. The Morgan fingerprint density at radius 3 is 2.93 bits per heavy atom. The van der Waals surface area contributed by atoms with Crippen LogP contribution in [0, 0.1) is 0 Å². The molecule has 0 fully saturated rings. The average molecular weight is 192 g/mol. The Bertz CT molecular complexity index is 582. The lowest BCUT2D eigenvalue weighted by Gasteiger charge is -2.04. The Morgan fingerprint density at radius 1 is 1.43 bits per heavy atom. The molecule has 2 aromatic heterocycles. The molecular weight excluding hydrogens is 184 g/mol. The molecule has 1 N–H and O–H groups in total. The number of hydrogen-bond donors (Lipinski definition) is 1. The van der Waals surface area contributed by atoms with Gasteiger partial charge in [0, 0.05) is 12.3 Å². The summed E-state index contributed by atoms with van der Waals surface area (Å²) in [4.78, 5) is 24.5. The van der Waals surface area contributed by atoms with Crippen molar-refractivity contribution in [3.63, 3.8) is 0 Å². The summed E-state index contributed by atoms with van der Waals surface area (Å²) >= 11 is 0. The summed E-state index contributed by atoms with van der Waals surface area (Å²) in [7, 11) is 1.49. The maximum absolute atomic E-state index is 11.3. The Hall–Kier alpha value is -2.04. The van der Waals surface area contributed by atoms with Crippen molar-refractivity contribution in [2.75, 3.05) is 7.11 Å². The second-order valence-electron chi connectivity index (χ2n) is 2.77. The maximum atomic E-state index is 11.3. The minimum atomic E-state index is -0.466. The minimum Gasteiger partial charge on any atom is -0.495 e. The SMILES string of the molecule is COc1cccn2c(=O)[nH]c(=O)cc12. The van der Waals surface area contributed by atoms with Crippen LogP contribution in [0.2, 0.25) is 0 Å². The molecule has 2 aromatic rings. The van der Waals surface area contributed by atoms with Gasteiger partial charge in [-0.05, 0) is 12.1 Å². The summed E-state index contributed by atoms with van der Waals surface area (Å²) in [6, 6.07) is 4.68. The number of hydrogen-bond acceptors (Lipinski definition) is 3. The van der Waals surface area contributed by atoms with Crippen LogP contribution in [0.1, 0.15) is 0 Å². The second-order valence-corrected chi connectivity index (χ2v) is 2.77. The van der Waals surface area contributed by atoms with Gasteiger partial charge in [0.2, 0.25) is 0 Å². The number of nitrogens with zero attached hydrogens (tertiary/aromatic N) is 1. The van der Waals surface area contributed by atoms with Crippen molar-refractivity contribution < 1.29 is 4.74 Å². The van der Waals surface area contributed by atoms with Gasteiger partial charge in [0.15, 0.2) is 0 Å². The van der Waals surface area contributed by atoms with E-state index in [9.17, 15) is 9.59 Å². The van der Waals surface area contributed by atoms with Crippen LogP contribution in [0.3, 0.4) is 0 Å². The summed E-state index contributed by atoms with van der Waals surface area (Å²) in [5.74, 6) is 0.496. The third kappa shape index (κ3) is 1.19. The Balaban J connectivity index is 3.01. The largest absolute Gasteiger partial charge is 0.495 e. The first-order valence-corrected chi connectivity index (χ1v) is 4.01. The predicted molar refractivity (Wildman–Crippen MR) is 50.8 cm³/mol. The standard InChI is InChI=1S/C9H8N2O3/c1-14-7-3-2-4-11-6(7)5-8(12)10-9(11)13/h2-5H,1H3,(H,10,12,13). The Morgan fingerprint density at radius 2 is 2.21 bits per heavy atom. The summed E-state index contributed by atoms with van der Waals surface area (Å²) in [6.45, 7) is 0. The van der Waals surface area contributed by atoms with E-state index < -0.39 is 11.2 Å². The first kappa shape index (κ1) is 8.55. The molecule has 72 valence electrons. The zero-order chi connectivity index (χ0) is 10.1. The number of ether oxygens (including phenoxy) is 1. The van der Waals surface area contributed by atoms with Gasteiger partial charge in [0.25, 0.3) is 5.56 Å². The van der Waals surface area contributed by atoms with Crippen LogP contribution < -0.4 is 16.0 Å². The molecule has 0 aliphatic rings. The lowest BCUT2D eigenvalue weighted by Crippen LogP contribution is -2.25. The average Bonchev–Trinajstić information content (AvgIpc) is 2.17. The molecule has 0 spiro atoms. The van der Waals surface area contributed by atoms with Crippen molar-refractivity contribution in [3.8, 4) is 5.75 Å². The monoisotopic (exact) mass is 192 g/mol. The van der Waals surface area contributed by atoms with E-state index in [2.05, 4.69) is 4.98 Å². The summed E-state index contributed by atoms with van der Waals surface area (Å²) in [6.07, 6.45) is 1.57. The van der Waals surface area contributed by atoms with Crippen molar-refractivity contribution in [1.29, 1.82) is 0 Å². The Kier molecular flexibility index (Phi) is 1.85. The van der Waals surface area contributed by atoms with Crippen molar-refractivity contribution in [2.45, 2.75) is 0 Å². The van der Waals surface area contributed by atoms with Crippen molar-refractivity contribution in [3.05, 3.63) is 45.2 Å². The zero-order valence-electron chi connectivity index (χ0n) is 7.48. The molecule has 5 nitrogen and oxygen atoms in total. The molecule has 0 unspecified atom stereocenters. The number of fused-ring (bicyclic) bond motifs is 1. The summed E-state index contributed by atoms with van der Waals surface area (Å²) < 4.78 is 6.34. The van der Waals surface area contributed by atoms with E-state index in [4.69, 9.17) is 4.74 Å². The van der Waals surface area contributed by atoms with Crippen molar-refractivity contribution in [2.24, 2.45) is 0 Å². The molecule has 14 heavy (non-hydrogen) atoms.